The molecule has 0 spiro atoms. The number of benzene rings is 5. The van der Waals surface area contributed by atoms with E-state index in [1.165, 1.54) is 0 Å². The monoisotopic (exact) mass is 932 g/mol. The van der Waals surface area contributed by atoms with Crippen molar-refractivity contribution in [3.05, 3.63) is 192 Å². The summed E-state index contributed by atoms with van der Waals surface area (Å²) in [6.45, 7) is 13.1. The van der Waals surface area contributed by atoms with Gasteiger partial charge in [-0.3, -0.25) is 0 Å². The lowest BCUT2D eigenvalue weighted by Gasteiger charge is -2.49. The van der Waals surface area contributed by atoms with Crippen molar-refractivity contribution in [3.63, 3.8) is 0 Å². The van der Waals surface area contributed by atoms with Gasteiger partial charge in [-0.2, -0.15) is 0 Å². The summed E-state index contributed by atoms with van der Waals surface area (Å²) in [4.78, 5) is 0. The van der Waals surface area contributed by atoms with Crippen LogP contribution >= 0.6 is 0 Å². The molecule has 2 fully saturated rings. The first-order valence-corrected chi connectivity index (χ1v) is 27.1. The summed E-state index contributed by atoms with van der Waals surface area (Å²) < 4.78 is 67.5. The first kappa shape index (κ1) is 50.5. The largest absolute Gasteiger partial charge is 0.387 e. The SMILES string of the molecule is C=CCO[C@H]1[C@H](OCC[Si](C)(C)C)O[C@H](COCc2ccccc2)[C@H](O[C@@H]2O[C@H](COCc3ccccc3)[C@@H](O)[C@H](OCc3ccccc3)[C@@H]2OCc2ccccc2)[C@@H]1OCc1ccccc1. The first-order chi connectivity index (χ1) is 32.7. The third kappa shape index (κ3) is 15.8. The van der Waals surface area contributed by atoms with Gasteiger partial charge >= 0.3 is 0 Å². The topological polar surface area (TPSA) is 113 Å². The third-order valence-electron chi connectivity index (χ3n) is 11.7. The molecule has 2 heterocycles. The van der Waals surface area contributed by atoms with Gasteiger partial charge in [0.2, 0.25) is 0 Å². The molecular weight excluding hydrogens is 865 g/mol. The van der Waals surface area contributed by atoms with E-state index in [1.54, 1.807) is 6.08 Å². The number of aliphatic hydroxyl groups excluding tert-OH is 1. The summed E-state index contributed by atoms with van der Waals surface area (Å²) in [5.74, 6) is 0. The van der Waals surface area contributed by atoms with Gasteiger partial charge < -0.3 is 52.5 Å². The van der Waals surface area contributed by atoms with Crippen LogP contribution in [0.4, 0.5) is 0 Å². The first-order valence-electron chi connectivity index (χ1n) is 23.4. The van der Waals surface area contributed by atoms with E-state index in [0.717, 1.165) is 33.9 Å². The quantitative estimate of drug-likeness (QED) is 0.0423. The summed E-state index contributed by atoms with van der Waals surface area (Å²) in [7, 11) is -1.49. The molecule has 11 nitrogen and oxygen atoms in total. The maximum atomic E-state index is 12.3. The van der Waals surface area contributed by atoms with Crippen LogP contribution in [-0.2, 0) is 80.4 Å². The minimum atomic E-state index is -1.49. The Morgan fingerprint density at radius 3 is 1.34 bits per heavy atom. The van der Waals surface area contributed by atoms with Gasteiger partial charge in [-0.15, -0.1) is 6.58 Å². The molecule has 1 N–H and O–H groups in total. The van der Waals surface area contributed by atoms with Gasteiger partial charge in [-0.1, -0.05) is 177 Å². The Bertz CT molecular complexity index is 2110. The molecule has 0 bridgehead atoms. The van der Waals surface area contributed by atoms with Crippen molar-refractivity contribution in [2.45, 2.75) is 120 Å². The van der Waals surface area contributed by atoms with Crippen LogP contribution < -0.4 is 0 Å². The van der Waals surface area contributed by atoms with E-state index in [0.29, 0.717) is 19.8 Å². The van der Waals surface area contributed by atoms with E-state index in [9.17, 15) is 5.11 Å². The smallest absolute Gasteiger partial charge is 0.187 e. The second kappa shape index (κ2) is 26.4. The van der Waals surface area contributed by atoms with Crippen LogP contribution in [0.15, 0.2) is 164 Å². The highest BCUT2D eigenvalue weighted by molar-refractivity contribution is 6.76. The van der Waals surface area contributed by atoms with Crippen molar-refractivity contribution in [2.24, 2.45) is 0 Å². The van der Waals surface area contributed by atoms with Gasteiger partial charge in [0.25, 0.3) is 0 Å². The normalized spacial score (nSPS) is 25.4. The minimum Gasteiger partial charge on any atom is -0.387 e. The summed E-state index contributed by atoms with van der Waals surface area (Å²) in [5.41, 5.74) is 4.84. The number of hydrogen-bond acceptors (Lipinski definition) is 11. The summed E-state index contributed by atoms with van der Waals surface area (Å²) in [6, 6.07) is 50.5. The van der Waals surface area contributed by atoms with E-state index >= 15 is 0 Å². The number of hydrogen-bond donors (Lipinski definition) is 1. The molecular formula is C55H68O11Si. The predicted molar refractivity (Wildman–Crippen MR) is 259 cm³/mol. The average Bonchev–Trinajstić information content (AvgIpc) is 3.35. The molecule has 12 heteroatoms. The Labute approximate surface area is 397 Å². The number of ether oxygens (including phenoxy) is 10. The van der Waals surface area contributed by atoms with Crippen LogP contribution in [0, 0.1) is 0 Å². The van der Waals surface area contributed by atoms with Gasteiger partial charge in [-0.25, -0.2) is 0 Å². The zero-order valence-electron chi connectivity index (χ0n) is 39.1. The van der Waals surface area contributed by atoms with Crippen LogP contribution in [-0.4, -0.2) is 101 Å². The molecule has 5 aromatic rings. The fourth-order valence-electron chi connectivity index (χ4n) is 8.03. The van der Waals surface area contributed by atoms with Crippen LogP contribution in [0.2, 0.25) is 25.7 Å². The highest BCUT2D eigenvalue weighted by Gasteiger charge is 2.54. The second-order valence-corrected chi connectivity index (χ2v) is 23.9. The molecule has 0 aromatic heterocycles. The molecule has 358 valence electrons. The van der Waals surface area contributed by atoms with Crippen molar-refractivity contribution in [1.82, 2.24) is 0 Å². The van der Waals surface area contributed by atoms with Crippen LogP contribution in [0.5, 0.6) is 0 Å². The van der Waals surface area contributed by atoms with Gasteiger partial charge in [0.05, 0.1) is 52.9 Å². The lowest BCUT2D eigenvalue weighted by molar-refractivity contribution is -0.374. The van der Waals surface area contributed by atoms with Gasteiger partial charge in [-0.05, 0) is 33.9 Å². The molecule has 0 unspecified atom stereocenters. The highest BCUT2D eigenvalue weighted by atomic mass is 28.3. The van der Waals surface area contributed by atoms with E-state index < -0.39 is 69.5 Å². The standard InChI is InChI=1S/C55H68O11Si/c1-5-31-59-53-51(62-37-44-27-17-9-18-28-44)49(47(40-58-35-42-23-13-7-14-24-42)65-54(53)60-32-33-67(2,3)4)66-55-52(63-38-45-29-19-10-20-30-45)50(61-36-43-25-15-8-16-26-43)48(56)46(64-55)39-57-34-41-21-11-6-12-22-41/h5-30,46-56H,1,31-40H2,2-4H3/t46-,47-,48-,49+,50+,51+,52+,53-,54-,55+/m1/s1. The summed E-state index contributed by atoms with van der Waals surface area (Å²) in [6.07, 6.45) is -7.32. The molecule has 0 saturated carbocycles. The molecule has 0 amide bonds. The molecule has 7 rings (SSSR count). The summed E-state index contributed by atoms with van der Waals surface area (Å²) >= 11 is 0. The minimum absolute atomic E-state index is 0.0450. The van der Waals surface area contributed by atoms with Crippen LogP contribution in [0.25, 0.3) is 0 Å². The molecule has 67 heavy (non-hydrogen) atoms. The van der Waals surface area contributed by atoms with Crippen molar-refractivity contribution < 1.29 is 52.5 Å². The van der Waals surface area contributed by atoms with Crippen molar-refractivity contribution in [1.29, 1.82) is 0 Å². The van der Waals surface area contributed by atoms with Gasteiger partial charge in [0.15, 0.2) is 12.6 Å². The van der Waals surface area contributed by atoms with Crippen molar-refractivity contribution in [3.8, 4) is 0 Å². The van der Waals surface area contributed by atoms with Crippen molar-refractivity contribution >= 4 is 8.07 Å². The fourth-order valence-corrected chi connectivity index (χ4v) is 8.76. The van der Waals surface area contributed by atoms with E-state index in [4.69, 9.17) is 47.4 Å². The number of aliphatic hydroxyl groups is 1. The predicted octanol–water partition coefficient (Wildman–Crippen LogP) is 9.30. The molecule has 2 aliphatic heterocycles. The second-order valence-electron chi connectivity index (χ2n) is 18.2. The van der Waals surface area contributed by atoms with Crippen LogP contribution in [0.1, 0.15) is 27.8 Å². The van der Waals surface area contributed by atoms with Crippen molar-refractivity contribution in [2.75, 3.05) is 26.4 Å². The van der Waals surface area contributed by atoms with E-state index in [2.05, 4.69) is 26.2 Å². The Morgan fingerprint density at radius 2 is 0.881 bits per heavy atom. The van der Waals surface area contributed by atoms with Crippen LogP contribution in [0.3, 0.4) is 0 Å². The van der Waals surface area contributed by atoms with E-state index in [-0.39, 0.29) is 39.6 Å². The Balaban J connectivity index is 1.26. The zero-order valence-corrected chi connectivity index (χ0v) is 40.1. The molecule has 2 saturated heterocycles. The molecule has 0 aliphatic carbocycles. The number of rotatable bonds is 26. The lowest BCUT2D eigenvalue weighted by Crippen LogP contribution is -2.66. The van der Waals surface area contributed by atoms with E-state index in [1.807, 2.05) is 152 Å². The lowest BCUT2D eigenvalue weighted by atomic mass is 9.96. The molecule has 10 atom stereocenters. The third-order valence-corrected chi connectivity index (χ3v) is 13.4. The maximum Gasteiger partial charge on any atom is 0.187 e. The highest BCUT2D eigenvalue weighted by Crippen LogP contribution is 2.36. The molecule has 0 radical (unpaired) electrons. The fraction of sp³-hybridized carbons (Fsp3) is 0.418. The summed E-state index contributed by atoms with van der Waals surface area (Å²) in [5, 5.41) is 12.3. The average molecular weight is 933 g/mol. The Morgan fingerprint density at radius 1 is 0.478 bits per heavy atom. The van der Waals surface area contributed by atoms with Gasteiger partial charge in [0.1, 0.15) is 48.8 Å². The Kier molecular flexibility index (Phi) is 19.9. The maximum absolute atomic E-state index is 12.3. The Hall–Kier alpha value is -4.38. The molecule has 5 aromatic carbocycles. The molecule has 2 aliphatic rings. The zero-order chi connectivity index (χ0) is 46.7. The van der Waals surface area contributed by atoms with Gasteiger partial charge in [0, 0.05) is 14.7 Å².